The number of hydrogen-bond donors (Lipinski definition) is 2. The van der Waals surface area contributed by atoms with Crippen LogP contribution in [0.25, 0.3) is 22.4 Å². The average Bonchev–Trinajstić information content (AvgIpc) is 3.55. The first-order valence-corrected chi connectivity index (χ1v) is 14.7. The molecule has 0 spiro atoms. The summed E-state index contributed by atoms with van der Waals surface area (Å²) < 4.78 is 1.72. The SMILES string of the molecule is CC(=O)c1ccc(-c2nc(Nc3ccc(N(C(=O)NCc4ccccc4)c4ccc(-c5cnn(C)c5)cn4)cc3)ncc2C#N)cc1. The van der Waals surface area contributed by atoms with E-state index in [9.17, 15) is 14.9 Å². The molecule has 0 bridgehead atoms. The molecule has 3 heterocycles. The summed E-state index contributed by atoms with van der Waals surface area (Å²) in [6, 6.07) is 29.3. The van der Waals surface area contributed by atoms with Crippen LogP contribution >= 0.6 is 0 Å². The summed E-state index contributed by atoms with van der Waals surface area (Å²) in [6.07, 6.45) is 6.83. The summed E-state index contributed by atoms with van der Waals surface area (Å²) in [6.45, 7) is 1.85. The van der Waals surface area contributed by atoms with Crippen molar-refractivity contribution in [2.75, 3.05) is 10.2 Å². The third kappa shape index (κ3) is 7.02. The van der Waals surface area contributed by atoms with E-state index in [1.54, 1.807) is 71.7 Å². The van der Waals surface area contributed by atoms with Gasteiger partial charge in [0.25, 0.3) is 0 Å². The second kappa shape index (κ2) is 13.5. The summed E-state index contributed by atoms with van der Waals surface area (Å²) in [5, 5.41) is 20.1. The van der Waals surface area contributed by atoms with Gasteiger partial charge < -0.3 is 10.6 Å². The van der Waals surface area contributed by atoms with E-state index in [0.717, 1.165) is 16.7 Å². The van der Waals surface area contributed by atoms with Crippen molar-refractivity contribution in [2.24, 2.45) is 7.05 Å². The Balaban J connectivity index is 1.25. The number of aromatic nitrogens is 5. The second-order valence-electron chi connectivity index (χ2n) is 10.7. The van der Waals surface area contributed by atoms with Gasteiger partial charge in [-0.25, -0.2) is 24.6 Å². The monoisotopic (exact) mass is 619 g/mol. The number of aryl methyl sites for hydroxylation is 1. The quantitative estimate of drug-likeness (QED) is 0.168. The molecule has 0 fully saturated rings. The van der Waals surface area contributed by atoms with Gasteiger partial charge in [0, 0.05) is 53.9 Å². The van der Waals surface area contributed by atoms with Crippen LogP contribution in [-0.4, -0.2) is 36.5 Å². The minimum absolute atomic E-state index is 0.0460. The Bertz CT molecular complexity index is 2070. The number of benzene rings is 3. The topological polar surface area (TPSA) is 142 Å². The Labute approximate surface area is 271 Å². The van der Waals surface area contributed by atoms with E-state index < -0.39 is 0 Å². The highest BCUT2D eigenvalue weighted by Crippen LogP contribution is 2.29. The zero-order chi connectivity index (χ0) is 32.8. The summed E-state index contributed by atoms with van der Waals surface area (Å²) in [5.41, 5.74) is 6.03. The van der Waals surface area contributed by atoms with Crippen LogP contribution in [0.15, 0.2) is 116 Å². The van der Waals surface area contributed by atoms with Crippen molar-refractivity contribution >= 4 is 35.0 Å². The summed E-state index contributed by atoms with van der Waals surface area (Å²) in [4.78, 5) is 40.4. The maximum absolute atomic E-state index is 13.6. The van der Waals surface area contributed by atoms with E-state index in [0.29, 0.717) is 46.1 Å². The smallest absolute Gasteiger partial charge is 0.327 e. The number of carbonyl (C=O) groups excluding carboxylic acids is 2. The van der Waals surface area contributed by atoms with E-state index in [1.165, 1.54) is 18.0 Å². The van der Waals surface area contributed by atoms with Crippen LogP contribution in [-0.2, 0) is 13.6 Å². The average molecular weight is 620 g/mol. The molecule has 0 atom stereocenters. The first-order chi connectivity index (χ1) is 22.9. The molecule has 0 aliphatic heterocycles. The lowest BCUT2D eigenvalue weighted by molar-refractivity contribution is 0.101. The van der Waals surface area contributed by atoms with Crippen LogP contribution in [0, 0.1) is 11.3 Å². The highest BCUT2D eigenvalue weighted by molar-refractivity contribution is 5.99. The zero-order valence-corrected chi connectivity index (χ0v) is 25.6. The number of anilines is 4. The molecule has 11 heteroatoms. The maximum Gasteiger partial charge on any atom is 0.327 e. The fraction of sp³-hybridized carbons (Fsp3) is 0.0833. The molecular formula is C36H29N9O2. The van der Waals surface area contributed by atoms with Crippen molar-refractivity contribution in [1.82, 2.24) is 30.0 Å². The van der Waals surface area contributed by atoms with Gasteiger partial charge in [0.05, 0.1) is 29.3 Å². The van der Waals surface area contributed by atoms with Gasteiger partial charge >= 0.3 is 6.03 Å². The van der Waals surface area contributed by atoms with Gasteiger partial charge in [0.15, 0.2) is 5.78 Å². The molecular weight excluding hydrogens is 590 g/mol. The molecule has 2 amide bonds. The predicted octanol–water partition coefficient (Wildman–Crippen LogP) is 6.80. The molecule has 0 radical (unpaired) electrons. The molecule has 0 saturated carbocycles. The van der Waals surface area contributed by atoms with E-state index in [2.05, 4.69) is 36.8 Å². The first-order valence-electron chi connectivity index (χ1n) is 14.7. The minimum atomic E-state index is -0.341. The summed E-state index contributed by atoms with van der Waals surface area (Å²) in [5.74, 6) is 0.683. The van der Waals surface area contributed by atoms with Crippen molar-refractivity contribution < 1.29 is 9.59 Å². The fourth-order valence-electron chi connectivity index (χ4n) is 4.90. The summed E-state index contributed by atoms with van der Waals surface area (Å²) >= 11 is 0. The number of pyridine rings is 1. The van der Waals surface area contributed by atoms with Crippen molar-refractivity contribution in [1.29, 1.82) is 5.26 Å². The Morgan fingerprint density at radius 2 is 1.60 bits per heavy atom. The number of nitrogens with zero attached hydrogens (tertiary/aromatic N) is 7. The highest BCUT2D eigenvalue weighted by Gasteiger charge is 2.20. The number of urea groups is 1. The Hall–Kier alpha value is -6.67. The number of hydrogen-bond acceptors (Lipinski definition) is 8. The lowest BCUT2D eigenvalue weighted by atomic mass is 10.0. The number of ketones is 1. The van der Waals surface area contributed by atoms with Gasteiger partial charge in [-0.1, -0.05) is 54.6 Å². The van der Waals surface area contributed by atoms with Crippen LogP contribution in [0.5, 0.6) is 0 Å². The van der Waals surface area contributed by atoms with Crippen LogP contribution in [0.2, 0.25) is 0 Å². The minimum Gasteiger partial charge on any atom is -0.333 e. The zero-order valence-electron chi connectivity index (χ0n) is 25.6. The molecule has 230 valence electrons. The fourth-order valence-corrected chi connectivity index (χ4v) is 4.90. The van der Waals surface area contributed by atoms with Crippen LogP contribution in [0.1, 0.15) is 28.4 Å². The van der Waals surface area contributed by atoms with E-state index in [4.69, 9.17) is 0 Å². The molecule has 6 rings (SSSR count). The van der Waals surface area contributed by atoms with Gasteiger partial charge in [-0.15, -0.1) is 0 Å². The van der Waals surface area contributed by atoms with E-state index in [-0.39, 0.29) is 17.8 Å². The van der Waals surface area contributed by atoms with Crippen LogP contribution < -0.4 is 15.5 Å². The lowest BCUT2D eigenvalue weighted by Gasteiger charge is -2.23. The maximum atomic E-state index is 13.6. The van der Waals surface area contributed by atoms with Crippen molar-refractivity contribution in [3.8, 4) is 28.5 Å². The van der Waals surface area contributed by atoms with Crippen molar-refractivity contribution in [2.45, 2.75) is 13.5 Å². The van der Waals surface area contributed by atoms with Gasteiger partial charge in [-0.3, -0.25) is 9.48 Å². The molecule has 2 N–H and O–H groups in total. The molecule has 0 unspecified atom stereocenters. The van der Waals surface area contributed by atoms with E-state index in [1.807, 2.05) is 49.6 Å². The van der Waals surface area contributed by atoms with Crippen molar-refractivity contribution in [3.05, 3.63) is 132 Å². The Kier molecular flexibility index (Phi) is 8.75. The molecule has 6 aromatic rings. The molecule has 47 heavy (non-hydrogen) atoms. The molecule has 11 nitrogen and oxygen atoms in total. The first kappa shape index (κ1) is 30.4. The standard InChI is InChI=1S/C36H29N9O2/c1-24(46)26-8-10-27(11-9-26)34-29(18-37)21-39-35(43-34)42-31-13-15-32(16-14-31)45(36(47)40-19-25-6-4-3-5-7-25)33-17-12-28(20-38-33)30-22-41-44(2)23-30/h3-17,20-23H,19H2,1-2H3,(H,40,47)(H,39,42,43). The number of nitrogens with one attached hydrogen (secondary N) is 2. The van der Waals surface area contributed by atoms with Crippen LogP contribution in [0.3, 0.4) is 0 Å². The number of rotatable bonds is 9. The Morgan fingerprint density at radius 1 is 0.851 bits per heavy atom. The number of amides is 2. The third-order valence-electron chi connectivity index (χ3n) is 7.36. The number of nitriles is 1. The van der Waals surface area contributed by atoms with Gasteiger partial charge in [0.2, 0.25) is 5.95 Å². The number of Topliss-reactive ketones (excluding diaryl/α,β-unsaturated/α-hetero) is 1. The molecule has 3 aromatic carbocycles. The molecule has 0 aliphatic carbocycles. The van der Waals surface area contributed by atoms with Crippen LogP contribution in [0.4, 0.5) is 27.9 Å². The number of carbonyl (C=O) groups is 2. The molecule has 0 saturated heterocycles. The van der Waals surface area contributed by atoms with Gasteiger partial charge in [-0.05, 0) is 48.9 Å². The van der Waals surface area contributed by atoms with Crippen molar-refractivity contribution in [3.63, 3.8) is 0 Å². The third-order valence-corrected chi connectivity index (χ3v) is 7.36. The summed E-state index contributed by atoms with van der Waals surface area (Å²) in [7, 11) is 1.85. The van der Waals surface area contributed by atoms with Gasteiger partial charge in [-0.2, -0.15) is 10.4 Å². The molecule has 0 aliphatic rings. The predicted molar refractivity (Wildman–Crippen MR) is 179 cm³/mol. The normalized spacial score (nSPS) is 10.6. The van der Waals surface area contributed by atoms with Gasteiger partial charge in [0.1, 0.15) is 11.9 Å². The Morgan fingerprint density at radius 3 is 2.23 bits per heavy atom. The molecule has 3 aromatic heterocycles. The lowest BCUT2D eigenvalue weighted by Crippen LogP contribution is -2.37. The second-order valence-corrected chi connectivity index (χ2v) is 10.7. The largest absolute Gasteiger partial charge is 0.333 e. The van der Waals surface area contributed by atoms with E-state index >= 15 is 0 Å². The highest BCUT2D eigenvalue weighted by atomic mass is 16.2.